The van der Waals surface area contributed by atoms with Crippen LogP contribution < -0.4 is 5.32 Å². The summed E-state index contributed by atoms with van der Waals surface area (Å²) in [5, 5.41) is 3.10. The number of rotatable bonds is 4. The molecule has 0 spiro atoms. The van der Waals surface area contributed by atoms with Crippen molar-refractivity contribution in [3.63, 3.8) is 0 Å². The molecule has 1 N–H and O–H groups in total. The predicted octanol–water partition coefficient (Wildman–Crippen LogP) is 2.50. The Morgan fingerprint density at radius 2 is 1.67 bits per heavy atom. The van der Waals surface area contributed by atoms with Crippen LogP contribution in [-0.2, 0) is 4.79 Å². The summed E-state index contributed by atoms with van der Waals surface area (Å²) in [7, 11) is 0. The smallest absolute Gasteiger partial charge is 0.262 e. The van der Waals surface area contributed by atoms with Crippen molar-refractivity contribution in [3.8, 4) is 0 Å². The molecule has 1 heterocycles. The Bertz CT molecular complexity index is 590. The average Bonchev–Trinajstić information content (AvgIpc) is 2.65. The second-order valence-corrected chi connectivity index (χ2v) is 5.70. The Kier molecular flexibility index (Phi) is 4.54. The molecule has 1 aliphatic rings. The Morgan fingerprint density at radius 3 is 2.10 bits per heavy atom. The number of carbonyl (C=O) groups excluding carboxylic acids is 3. The fraction of sp³-hybridized carbons (Fsp3) is 0.357. The van der Waals surface area contributed by atoms with Crippen molar-refractivity contribution in [2.24, 2.45) is 0 Å². The van der Waals surface area contributed by atoms with Crippen LogP contribution in [0.3, 0.4) is 0 Å². The van der Waals surface area contributed by atoms with E-state index in [0.29, 0.717) is 0 Å². The molecule has 0 saturated carbocycles. The summed E-state index contributed by atoms with van der Waals surface area (Å²) in [5.74, 6) is -1.45. The van der Waals surface area contributed by atoms with Crippen LogP contribution in [0.25, 0.3) is 0 Å². The van der Waals surface area contributed by atoms with Gasteiger partial charge in [0.1, 0.15) is 6.54 Å². The van der Waals surface area contributed by atoms with Crippen molar-refractivity contribution in [1.82, 2.24) is 10.2 Å². The standard InChI is InChI=1S/C14H14Cl2N2O3/c1-3-7(2)17-12(19)6-18-13(20)8-4-10(15)11(16)5-9(8)14(18)21/h4-5,7H,3,6H2,1-2H3,(H,17,19)/t7-/m0/s1. The van der Waals surface area contributed by atoms with E-state index in [1.54, 1.807) is 0 Å². The van der Waals surface area contributed by atoms with Gasteiger partial charge in [0.25, 0.3) is 11.8 Å². The van der Waals surface area contributed by atoms with E-state index >= 15 is 0 Å². The summed E-state index contributed by atoms with van der Waals surface area (Å²) in [6.07, 6.45) is 0.763. The summed E-state index contributed by atoms with van der Waals surface area (Å²) in [6, 6.07) is 2.69. The first kappa shape index (κ1) is 15.8. The van der Waals surface area contributed by atoms with E-state index in [9.17, 15) is 14.4 Å². The molecule has 0 aliphatic carbocycles. The van der Waals surface area contributed by atoms with Crippen LogP contribution in [0.5, 0.6) is 0 Å². The second kappa shape index (κ2) is 6.03. The van der Waals surface area contributed by atoms with Crippen molar-refractivity contribution in [2.45, 2.75) is 26.3 Å². The van der Waals surface area contributed by atoms with E-state index in [2.05, 4.69) is 5.32 Å². The zero-order valence-electron chi connectivity index (χ0n) is 11.6. The zero-order chi connectivity index (χ0) is 15.7. The minimum atomic E-state index is -0.534. The number of hydrogen-bond acceptors (Lipinski definition) is 3. The van der Waals surface area contributed by atoms with Crippen LogP contribution in [0, 0.1) is 0 Å². The molecule has 0 aromatic heterocycles. The molecule has 7 heteroatoms. The lowest BCUT2D eigenvalue weighted by molar-refractivity contribution is -0.122. The number of nitrogens with one attached hydrogen (secondary N) is 1. The SMILES string of the molecule is CC[C@H](C)NC(=O)CN1C(=O)c2cc(Cl)c(Cl)cc2C1=O. The van der Waals surface area contributed by atoms with Crippen molar-refractivity contribution in [1.29, 1.82) is 0 Å². The molecular weight excluding hydrogens is 315 g/mol. The Balaban J connectivity index is 2.20. The molecule has 0 unspecified atom stereocenters. The monoisotopic (exact) mass is 328 g/mol. The van der Waals surface area contributed by atoms with E-state index < -0.39 is 11.8 Å². The van der Waals surface area contributed by atoms with Gasteiger partial charge in [0.05, 0.1) is 21.2 Å². The fourth-order valence-electron chi connectivity index (χ4n) is 1.99. The normalized spacial score (nSPS) is 15.1. The number of amides is 3. The molecule has 0 bridgehead atoms. The topological polar surface area (TPSA) is 66.5 Å². The third kappa shape index (κ3) is 3.04. The number of carbonyl (C=O) groups is 3. The van der Waals surface area contributed by atoms with Crippen LogP contribution in [-0.4, -0.2) is 35.2 Å². The average molecular weight is 329 g/mol. The first-order valence-corrected chi connectivity index (χ1v) is 7.25. The molecule has 21 heavy (non-hydrogen) atoms. The molecule has 3 amide bonds. The summed E-state index contributed by atoms with van der Waals surface area (Å²) >= 11 is 11.7. The molecule has 112 valence electrons. The molecular formula is C14H14Cl2N2O3. The maximum Gasteiger partial charge on any atom is 0.262 e. The number of halogens is 2. The third-order valence-corrected chi connectivity index (χ3v) is 4.06. The Labute approximate surface area is 132 Å². The first-order chi connectivity index (χ1) is 9.85. The van der Waals surface area contributed by atoms with Gasteiger partial charge in [-0.25, -0.2) is 0 Å². The van der Waals surface area contributed by atoms with Gasteiger partial charge in [-0.2, -0.15) is 0 Å². The molecule has 0 fully saturated rings. The van der Waals surface area contributed by atoms with Crippen LogP contribution in [0.4, 0.5) is 0 Å². The van der Waals surface area contributed by atoms with E-state index in [-0.39, 0.29) is 39.7 Å². The fourth-order valence-corrected chi connectivity index (χ4v) is 2.32. The lowest BCUT2D eigenvalue weighted by Crippen LogP contribution is -2.43. The molecule has 1 aromatic rings. The van der Waals surface area contributed by atoms with Gasteiger partial charge in [0.2, 0.25) is 5.91 Å². The zero-order valence-corrected chi connectivity index (χ0v) is 13.1. The van der Waals surface area contributed by atoms with Crippen molar-refractivity contribution in [3.05, 3.63) is 33.3 Å². The van der Waals surface area contributed by atoms with Gasteiger partial charge in [-0.15, -0.1) is 0 Å². The summed E-state index contributed by atoms with van der Waals surface area (Å²) in [6.45, 7) is 3.46. The number of imide groups is 1. The Morgan fingerprint density at radius 1 is 1.19 bits per heavy atom. The Hall–Kier alpha value is -1.59. The summed E-state index contributed by atoms with van der Waals surface area (Å²) in [5.41, 5.74) is 0.344. The van der Waals surface area contributed by atoms with Crippen molar-refractivity contribution < 1.29 is 14.4 Å². The maximum atomic E-state index is 12.2. The lowest BCUT2D eigenvalue weighted by atomic mass is 10.1. The van der Waals surface area contributed by atoms with Gasteiger partial charge >= 0.3 is 0 Å². The van der Waals surface area contributed by atoms with Crippen molar-refractivity contribution in [2.75, 3.05) is 6.54 Å². The van der Waals surface area contributed by atoms with Crippen molar-refractivity contribution >= 4 is 40.9 Å². The largest absolute Gasteiger partial charge is 0.352 e. The second-order valence-electron chi connectivity index (χ2n) is 4.89. The third-order valence-electron chi connectivity index (χ3n) is 3.33. The molecule has 0 radical (unpaired) electrons. The van der Waals surface area contributed by atoms with E-state index in [1.165, 1.54) is 12.1 Å². The molecule has 1 aliphatic heterocycles. The van der Waals surface area contributed by atoms with Crippen LogP contribution in [0.15, 0.2) is 12.1 Å². The minimum absolute atomic E-state index is 0.0171. The van der Waals surface area contributed by atoms with Gasteiger partial charge < -0.3 is 5.32 Å². The highest BCUT2D eigenvalue weighted by Crippen LogP contribution is 2.31. The van der Waals surface area contributed by atoms with Crippen LogP contribution >= 0.6 is 23.2 Å². The number of nitrogens with zero attached hydrogens (tertiary/aromatic N) is 1. The number of benzene rings is 1. The van der Waals surface area contributed by atoms with E-state index in [4.69, 9.17) is 23.2 Å². The van der Waals surface area contributed by atoms with Gasteiger partial charge in [0, 0.05) is 6.04 Å². The van der Waals surface area contributed by atoms with Gasteiger partial charge in [0.15, 0.2) is 0 Å². The highest BCUT2D eigenvalue weighted by molar-refractivity contribution is 6.43. The van der Waals surface area contributed by atoms with Gasteiger partial charge in [-0.3, -0.25) is 19.3 Å². The minimum Gasteiger partial charge on any atom is -0.352 e. The molecule has 5 nitrogen and oxygen atoms in total. The van der Waals surface area contributed by atoms with Crippen LogP contribution in [0.1, 0.15) is 41.0 Å². The molecule has 2 rings (SSSR count). The molecule has 1 atom stereocenters. The lowest BCUT2D eigenvalue weighted by Gasteiger charge is -2.16. The van der Waals surface area contributed by atoms with Gasteiger partial charge in [-0.05, 0) is 25.5 Å². The first-order valence-electron chi connectivity index (χ1n) is 6.49. The number of hydrogen-bond donors (Lipinski definition) is 1. The number of fused-ring (bicyclic) bond motifs is 1. The molecule has 1 aromatic carbocycles. The molecule has 0 saturated heterocycles. The van der Waals surface area contributed by atoms with E-state index in [1.807, 2.05) is 13.8 Å². The van der Waals surface area contributed by atoms with Gasteiger partial charge in [-0.1, -0.05) is 30.1 Å². The quantitative estimate of drug-likeness (QED) is 0.863. The summed E-state index contributed by atoms with van der Waals surface area (Å²) in [4.78, 5) is 37.1. The van der Waals surface area contributed by atoms with E-state index in [0.717, 1.165) is 11.3 Å². The summed E-state index contributed by atoms with van der Waals surface area (Å²) < 4.78 is 0. The maximum absolute atomic E-state index is 12.2. The highest BCUT2D eigenvalue weighted by atomic mass is 35.5. The predicted molar refractivity (Wildman–Crippen MR) is 79.7 cm³/mol. The highest BCUT2D eigenvalue weighted by Gasteiger charge is 2.37. The van der Waals surface area contributed by atoms with Crippen LogP contribution in [0.2, 0.25) is 10.0 Å².